The Labute approximate surface area is 106 Å². The number of rotatable bonds is 6. The number of hydrogen-bond acceptors (Lipinski definition) is 2. The molecule has 4 heteroatoms. The van der Waals surface area contributed by atoms with Crippen LogP contribution in [-0.2, 0) is 11.3 Å². The largest absolute Gasteiger partial charge is 0.353 e. The summed E-state index contributed by atoms with van der Waals surface area (Å²) in [4.78, 5) is 23.4. The molecular weight excluding hydrogens is 228 g/mol. The van der Waals surface area contributed by atoms with E-state index < -0.39 is 0 Å². The molecule has 2 fully saturated rings. The van der Waals surface area contributed by atoms with Crippen LogP contribution in [0.25, 0.3) is 0 Å². The zero-order valence-electron chi connectivity index (χ0n) is 10.4. The van der Waals surface area contributed by atoms with Crippen LogP contribution in [0.15, 0.2) is 18.5 Å². The quantitative estimate of drug-likeness (QED) is 0.777. The highest BCUT2D eigenvalue weighted by Crippen LogP contribution is 2.32. The third kappa shape index (κ3) is 2.81. The number of aryl methyl sites for hydroxylation is 1. The van der Waals surface area contributed by atoms with Crippen LogP contribution in [0.1, 0.15) is 42.5 Å². The lowest BCUT2D eigenvalue weighted by Gasteiger charge is -2.04. The number of aromatic nitrogens is 1. The first kappa shape index (κ1) is 11.5. The Morgan fingerprint density at radius 1 is 1.28 bits per heavy atom. The monoisotopic (exact) mass is 246 g/mol. The van der Waals surface area contributed by atoms with E-state index >= 15 is 0 Å². The van der Waals surface area contributed by atoms with Gasteiger partial charge in [0.25, 0.3) is 0 Å². The number of carbonyl (C=O) groups is 2. The van der Waals surface area contributed by atoms with Gasteiger partial charge in [-0.1, -0.05) is 0 Å². The molecule has 1 aromatic rings. The first-order valence-electron chi connectivity index (χ1n) is 6.72. The van der Waals surface area contributed by atoms with Gasteiger partial charge in [0, 0.05) is 42.9 Å². The second kappa shape index (κ2) is 4.59. The van der Waals surface area contributed by atoms with Gasteiger partial charge in [0.2, 0.25) is 5.91 Å². The second-order valence-electron chi connectivity index (χ2n) is 5.37. The summed E-state index contributed by atoms with van der Waals surface area (Å²) in [7, 11) is 0. The van der Waals surface area contributed by atoms with Crippen molar-refractivity contribution in [1.82, 2.24) is 9.88 Å². The average molecular weight is 246 g/mol. The lowest BCUT2D eigenvalue weighted by Crippen LogP contribution is -2.26. The molecule has 3 rings (SSSR count). The molecule has 0 unspecified atom stereocenters. The predicted molar refractivity (Wildman–Crippen MR) is 67.3 cm³/mol. The third-order valence-corrected chi connectivity index (χ3v) is 3.52. The standard InChI is InChI=1S/C14H18N2O2/c17-13(15-12-3-4-12)6-8-16-7-5-11(9-16)14(18)10-1-2-10/h5,7,9-10,12H,1-4,6,8H2,(H,15,17). The lowest BCUT2D eigenvalue weighted by molar-refractivity contribution is -0.121. The smallest absolute Gasteiger partial charge is 0.222 e. The van der Waals surface area contributed by atoms with Crippen molar-refractivity contribution in [3.63, 3.8) is 0 Å². The van der Waals surface area contributed by atoms with Gasteiger partial charge in [0.05, 0.1) is 0 Å². The molecule has 1 N–H and O–H groups in total. The minimum absolute atomic E-state index is 0.112. The maximum atomic E-state index is 11.8. The van der Waals surface area contributed by atoms with E-state index in [9.17, 15) is 9.59 Å². The molecule has 0 saturated heterocycles. The highest BCUT2D eigenvalue weighted by molar-refractivity contribution is 5.99. The van der Waals surface area contributed by atoms with Crippen LogP contribution >= 0.6 is 0 Å². The molecule has 1 heterocycles. The number of amides is 1. The molecule has 0 aliphatic heterocycles. The zero-order valence-corrected chi connectivity index (χ0v) is 10.4. The Bertz CT molecular complexity index is 470. The van der Waals surface area contributed by atoms with Crippen molar-refractivity contribution in [2.24, 2.45) is 5.92 Å². The highest BCUT2D eigenvalue weighted by atomic mass is 16.1. The van der Waals surface area contributed by atoms with E-state index in [2.05, 4.69) is 5.32 Å². The van der Waals surface area contributed by atoms with Crippen LogP contribution in [0.2, 0.25) is 0 Å². The molecule has 1 amide bonds. The van der Waals surface area contributed by atoms with Crippen molar-refractivity contribution in [3.05, 3.63) is 24.0 Å². The summed E-state index contributed by atoms with van der Waals surface area (Å²) in [5, 5.41) is 2.96. The average Bonchev–Trinajstić information content (AvgIpc) is 3.26. The first-order valence-corrected chi connectivity index (χ1v) is 6.72. The van der Waals surface area contributed by atoms with Gasteiger partial charge in [0.15, 0.2) is 5.78 Å². The molecule has 0 spiro atoms. The minimum Gasteiger partial charge on any atom is -0.353 e. The second-order valence-corrected chi connectivity index (χ2v) is 5.37. The van der Waals surface area contributed by atoms with Gasteiger partial charge in [-0.05, 0) is 31.7 Å². The summed E-state index contributed by atoms with van der Waals surface area (Å²) in [6, 6.07) is 2.29. The van der Waals surface area contributed by atoms with E-state index in [1.54, 1.807) is 0 Å². The molecule has 1 aromatic heterocycles. The fourth-order valence-corrected chi connectivity index (χ4v) is 2.06. The van der Waals surface area contributed by atoms with E-state index in [0.717, 1.165) is 31.2 Å². The third-order valence-electron chi connectivity index (χ3n) is 3.52. The van der Waals surface area contributed by atoms with E-state index in [0.29, 0.717) is 19.0 Å². The van der Waals surface area contributed by atoms with Crippen LogP contribution in [0.4, 0.5) is 0 Å². The SMILES string of the molecule is O=C(CCn1ccc(C(=O)C2CC2)c1)NC1CC1. The van der Waals surface area contributed by atoms with Crippen LogP contribution in [0, 0.1) is 5.92 Å². The lowest BCUT2D eigenvalue weighted by atomic mass is 10.1. The van der Waals surface area contributed by atoms with Crippen LogP contribution in [0.5, 0.6) is 0 Å². The Hall–Kier alpha value is -1.58. The molecule has 0 bridgehead atoms. The number of ketones is 1. The molecule has 0 aromatic carbocycles. The van der Waals surface area contributed by atoms with Crippen molar-refractivity contribution in [1.29, 1.82) is 0 Å². The Morgan fingerprint density at radius 2 is 2.06 bits per heavy atom. The van der Waals surface area contributed by atoms with Crippen molar-refractivity contribution >= 4 is 11.7 Å². The first-order chi connectivity index (χ1) is 8.72. The molecule has 2 aliphatic carbocycles. The number of nitrogens with one attached hydrogen (secondary N) is 1. The van der Waals surface area contributed by atoms with E-state index in [1.807, 2.05) is 23.0 Å². The van der Waals surface area contributed by atoms with Crippen LogP contribution in [0.3, 0.4) is 0 Å². The minimum atomic E-state index is 0.112. The van der Waals surface area contributed by atoms with E-state index in [4.69, 9.17) is 0 Å². The van der Waals surface area contributed by atoms with E-state index in [-0.39, 0.29) is 17.6 Å². The Kier molecular flexibility index (Phi) is 2.94. The summed E-state index contributed by atoms with van der Waals surface area (Å²) in [5.74, 6) is 0.636. The number of Topliss-reactive ketones (excluding diaryl/α,β-unsaturated/α-hetero) is 1. The maximum absolute atomic E-state index is 11.8. The normalized spacial score (nSPS) is 18.7. The predicted octanol–water partition coefficient (Wildman–Crippen LogP) is 1.75. The van der Waals surface area contributed by atoms with Gasteiger partial charge in [-0.25, -0.2) is 0 Å². The number of nitrogens with zero attached hydrogens (tertiary/aromatic N) is 1. The van der Waals surface area contributed by atoms with Crippen LogP contribution in [-0.4, -0.2) is 22.3 Å². The van der Waals surface area contributed by atoms with Crippen molar-refractivity contribution in [3.8, 4) is 0 Å². The molecule has 96 valence electrons. The molecule has 18 heavy (non-hydrogen) atoms. The van der Waals surface area contributed by atoms with Gasteiger partial charge in [-0.2, -0.15) is 0 Å². The summed E-state index contributed by atoms with van der Waals surface area (Å²) in [5.41, 5.74) is 0.792. The maximum Gasteiger partial charge on any atom is 0.222 e. The fraction of sp³-hybridized carbons (Fsp3) is 0.571. The number of carbonyl (C=O) groups excluding carboxylic acids is 2. The van der Waals surface area contributed by atoms with Crippen molar-refractivity contribution in [2.45, 2.75) is 44.7 Å². The van der Waals surface area contributed by atoms with Gasteiger partial charge < -0.3 is 9.88 Å². The van der Waals surface area contributed by atoms with Gasteiger partial charge in [0.1, 0.15) is 0 Å². The highest BCUT2D eigenvalue weighted by Gasteiger charge is 2.30. The molecule has 2 aliphatic rings. The van der Waals surface area contributed by atoms with Crippen molar-refractivity contribution < 1.29 is 9.59 Å². The molecule has 0 atom stereocenters. The molecule has 0 radical (unpaired) electrons. The topological polar surface area (TPSA) is 51.1 Å². The summed E-state index contributed by atoms with van der Waals surface area (Å²) in [6.45, 7) is 0.649. The molecule has 4 nitrogen and oxygen atoms in total. The zero-order chi connectivity index (χ0) is 12.5. The van der Waals surface area contributed by atoms with Gasteiger partial charge in [-0.3, -0.25) is 9.59 Å². The van der Waals surface area contributed by atoms with Crippen LogP contribution < -0.4 is 5.32 Å². The van der Waals surface area contributed by atoms with Gasteiger partial charge in [-0.15, -0.1) is 0 Å². The summed E-state index contributed by atoms with van der Waals surface area (Å²) in [6.07, 6.45) is 8.56. The van der Waals surface area contributed by atoms with Crippen molar-refractivity contribution in [2.75, 3.05) is 0 Å². The summed E-state index contributed by atoms with van der Waals surface area (Å²) < 4.78 is 1.93. The van der Waals surface area contributed by atoms with Gasteiger partial charge >= 0.3 is 0 Å². The Morgan fingerprint density at radius 3 is 2.72 bits per heavy atom. The molecule has 2 saturated carbocycles. The molecular formula is C14H18N2O2. The fourth-order valence-electron chi connectivity index (χ4n) is 2.06. The summed E-state index contributed by atoms with van der Waals surface area (Å²) >= 11 is 0. The number of hydrogen-bond donors (Lipinski definition) is 1. The Balaban J connectivity index is 1.49. The van der Waals surface area contributed by atoms with E-state index in [1.165, 1.54) is 0 Å².